The molecule has 0 saturated carbocycles. The lowest BCUT2D eigenvalue weighted by Crippen LogP contribution is -2.28. The maximum Gasteiger partial charge on any atom is 0.224 e. The van der Waals surface area contributed by atoms with Gasteiger partial charge in [0.2, 0.25) is 5.91 Å². The van der Waals surface area contributed by atoms with Crippen LogP contribution < -0.4 is 5.32 Å². The van der Waals surface area contributed by atoms with Gasteiger partial charge in [-0.15, -0.1) is 11.3 Å². The molecule has 106 valence electrons. The Kier molecular flexibility index (Phi) is 4.45. The third-order valence-electron chi connectivity index (χ3n) is 3.20. The molecule has 20 heavy (non-hydrogen) atoms. The smallest absolute Gasteiger partial charge is 0.224 e. The van der Waals surface area contributed by atoms with Crippen molar-refractivity contribution in [1.29, 1.82) is 0 Å². The SMILES string of the molecule is Cc1cc(C(C)NC(=O)Cc2cccc(O)c2)c(C)s1. The molecule has 4 heteroatoms. The normalized spacial score (nSPS) is 12.2. The van der Waals surface area contributed by atoms with Crippen LogP contribution in [0.4, 0.5) is 0 Å². The van der Waals surface area contributed by atoms with Crippen LogP contribution in [-0.4, -0.2) is 11.0 Å². The first-order valence-electron chi connectivity index (χ1n) is 6.60. The molecule has 0 radical (unpaired) electrons. The number of amides is 1. The molecule has 0 fully saturated rings. The zero-order valence-electron chi connectivity index (χ0n) is 11.9. The van der Waals surface area contributed by atoms with Gasteiger partial charge in [-0.05, 0) is 50.1 Å². The van der Waals surface area contributed by atoms with Crippen LogP contribution in [0.2, 0.25) is 0 Å². The first kappa shape index (κ1) is 14.6. The highest BCUT2D eigenvalue weighted by Gasteiger charge is 2.14. The van der Waals surface area contributed by atoms with E-state index in [4.69, 9.17) is 0 Å². The van der Waals surface area contributed by atoms with Gasteiger partial charge in [-0.3, -0.25) is 4.79 Å². The molecule has 0 saturated heterocycles. The number of benzene rings is 1. The number of hydrogen-bond acceptors (Lipinski definition) is 3. The second-order valence-electron chi connectivity index (χ2n) is 5.00. The van der Waals surface area contributed by atoms with Gasteiger partial charge < -0.3 is 10.4 Å². The third-order valence-corrected chi connectivity index (χ3v) is 4.18. The molecule has 2 N–H and O–H groups in total. The number of phenolic OH excluding ortho intramolecular Hbond substituents is 1. The Morgan fingerprint density at radius 2 is 2.10 bits per heavy atom. The van der Waals surface area contributed by atoms with Crippen molar-refractivity contribution in [1.82, 2.24) is 5.32 Å². The Bertz CT molecular complexity index is 619. The maximum absolute atomic E-state index is 12.0. The van der Waals surface area contributed by atoms with Crippen molar-refractivity contribution >= 4 is 17.2 Å². The van der Waals surface area contributed by atoms with Crippen LogP contribution in [-0.2, 0) is 11.2 Å². The number of carbonyl (C=O) groups excluding carboxylic acids is 1. The Morgan fingerprint density at radius 1 is 1.35 bits per heavy atom. The van der Waals surface area contributed by atoms with E-state index in [0.717, 1.165) is 5.56 Å². The summed E-state index contributed by atoms with van der Waals surface area (Å²) in [6.07, 6.45) is 0.279. The number of rotatable bonds is 4. The van der Waals surface area contributed by atoms with Crippen LogP contribution in [0, 0.1) is 13.8 Å². The predicted molar refractivity (Wildman–Crippen MR) is 82.2 cm³/mol. The van der Waals surface area contributed by atoms with Crippen molar-refractivity contribution in [3.05, 3.63) is 51.2 Å². The number of hydrogen-bond donors (Lipinski definition) is 2. The van der Waals surface area contributed by atoms with Crippen molar-refractivity contribution in [2.24, 2.45) is 0 Å². The lowest BCUT2D eigenvalue weighted by atomic mass is 10.1. The minimum atomic E-state index is -0.0358. The van der Waals surface area contributed by atoms with E-state index in [0.29, 0.717) is 0 Å². The van der Waals surface area contributed by atoms with Crippen LogP contribution in [0.15, 0.2) is 30.3 Å². The second-order valence-corrected chi connectivity index (χ2v) is 6.46. The number of phenols is 1. The van der Waals surface area contributed by atoms with E-state index in [2.05, 4.69) is 25.2 Å². The first-order valence-corrected chi connectivity index (χ1v) is 7.41. The molecule has 0 aliphatic rings. The van der Waals surface area contributed by atoms with E-state index in [1.165, 1.54) is 15.3 Å². The van der Waals surface area contributed by atoms with Gasteiger partial charge in [0, 0.05) is 9.75 Å². The molecule has 1 amide bonds. The quantitative estimate of drug-likeness (QED) is 0.905. The van der Waals surface area contributed by atoms with Crippen molar-refractivity contribution in [3.63, 3.8) is 0 Å². The topological polar surface area (TPSA) is 49.3 Å². The number of thiophene rings is 1. The summed E-state index contributed by atoms with van der Waals surface area (Å²) in [7, 11) is 0. The van der Waals surface area contributed by atoms with Gasteiger partial charge >= 0.3 is 0 Å². The Balaban J connectivity index is 1.99. The van der Waals surface area contributed by atoms with Gasteiger partial charge in [0.25, 0.3) is 0 Å². The summed E-state index contributed by atoms with van der Waals surface area (Å²) >= 11 is 1.75. The highest BCUT2D eigenvalue weighted by atomic mass is 32.1. The van der Waals surface area contributed by atoms with Gasteiger partial charge in [0.05, 0.1) is 12.5 Å². The largest absolute Gasteiger partial charge is 0.508 e. The van der Waals surface area contributed by atoms with E-state index in [-0.39, 0.29) is 24.1 Å². The van der Waals surface area contributed by atoms with E-state index in [1.54, 1.807) is 29.5 Å². The molecule has 0 aliphatic carbocycles. The van der Waals surface area contributed by atoms with Crippen LogP contribution in [0.25, 0.3) is 0 Å². The van der Waals surface area contributed by atoms with Crippen LogP contribution in [0.5, 0.6) is 5.75 Å². The van der Waals surface area contributed by atoms with E-state index < -0.39 is 0 Å². The van der Waals surface area contributed by atoms with E-state index >= 15 is 0 Å². The monoisotopic (exact) mass is 289 g/mol. The molecule has 2 rings (SSSR count). The van der Waals surface area contributed by atoms with Crippen LogP contribution in [0.3, 0.4) is 0 Å². The van der Waals surface area contributed by atoms with E-state index in [9.17, 15) is 9.90 Å². The molecule has 0 bridgehead atoms. The van der Waals surface area contributed by atoms with E-state index in [1.807, 2.05) is 13.0 Å². The Morgan fingerprint density at radius 3 is 2.70 bits per heavy atom. The number of aryl methyl sites for hydroxylation is 2. The molecule has 1 atom stereocenters. The number of carbonyl (C=O) groups is 1. The lowest BCUT2D eigenvalue weighted by Gasteiger charge is -2.14. The molecule has 1 unspecified atom stereocenters. The average molecular weight is 289 g/mol. The minimum Gasteiger partial charge on any atom is -0.508 e. The first-order chi connectivity index (χ1) is 9.45. The fourth-order valence-electron chi connectivity index (χ4n) is 2.30. The van der Waals surface area contributed by atoms with Crippen LogP contribution >= 0.6 is 11.3 Å². The zero-order chi connectivity index (χ0) is 14.7. The molecule has 1 aromatic heterocycles. The lowest BCUT2D eigenvalue weighted by molar-refractivity contribution is -0.121. The van der Waals surface area contributed by atoms with Crippen molar-refractivity contribution in [2.45, 2.75) is 33.2 Å². The molecule has 1 aromatic carbocycles. The van der Waals surface area contributed by atoms with Crippen molar-refractivity contribution < 1.29 is 9.90 Å². The third kappa shape index (κ3) is 3.61. The van der Waals surface area contributed by atoms with Gasteiger partial charge in [-0.25, -0.2) is 0 Å². The molecule has 2 aromatic rings. The maximum atomic E-state index is 12.0. The second kappa shape index (κ2) is 6.09. The van der Waals surface area contributed by atoms with Crippen molar-refractivity contribution in [2.75, 3.05) is 0 Å². The zero-order valence-corrected chi connectivity index (χ0v) is 12.8. The highest BCUT2D eigenvalue weighted by molar-refractivity contribution is 7.12. The molecular formula is C16H19NO2S. The average Bonchev–Trinajstić information content (AvgIpc) is 2.68. The number of aromatic hydroxyl groups is 1. The van der Waals surface area contributed by atoms with Gasteiger partial charge in [-0.1, -0.05) is 12.1 Å². The summed E-state index contributed by atoms with van der Waals surface area (Å²) in [5.74, 6) is 0.152. The van der Waals surface area contributed by atoms with Gasteiger partial charge in [0.1, 0.15) is 5.75 Å². The summed E-state index contributed by atoms with van der Waals surface area (Å²) < 4.78 is 0. The molecule has 3 nitrogen and oxygen atoms in total. The van der Waals surface area contributed by atoms with Crippen molar-refractivity contribution in [3.8, 4) is 5.75 Å². The van der Waals surface area contributed by atoms with Crippen LogP contribution in [0.1, 0.15) is 33.8 Å². The predicted octanol–water partition coefficient (Wildman–Crippen LogP) is 3.49. The summed E-state index contributed by atoms with van der Waals surface area (Å²) in [4.78, 5) is 14.5. The Hall–Kier alpha value is -1.81. The summed E-state index contributed by atoms with van der Waals surface area (Å²) in [6, 6.07) is 8.92. The summed E-state index contributed by atoms with van der Waals surface area (Å²) in [5, 5.41) is 12.4. The minimum absolute atomic E-state index is 0.00441. The molecule has 0 aliphatic heterocycles. The number of nitrogens with one attached hydrogen (secondary N) is 1. The fraction of sp³-hybridized carbons (Fsp3) is 0.312. The molecule has 0 spiro atoms. The Labute approximate surface area is 123 Å². The fourth-order valence-corrected chi connectivity index (χ4v) is 3.32. The summed E-state index contributed by atoms with van der Waals surface area (Å²) in [5.41, 5.74) is 1.99. The molecule has 1 heterocycles. The molecular weight excluding hydrogens is 270 g/mol. The van der Waals surface area contributed by atoms with Gasteiger partial charge in [0.15, 0.2) is 0 Å². The van der Waals surface area contributed by atoms with Gasteiger partial charge in [-0.2, -0.15) is 0 Å². The standard InChI is InChI=1S/C16H19NO2S/c1-10-7-15(12(3)20-10)11(2)17-16(19)9-13-5-4-6-14(18)8-13/h4-8,11,18H,9H2,1-3H3,(H,17,19). The summed E-state index contributed by atoms with van der Waals surface area (Å²) in [6.45, 7) is 6.14. The highest BCUT2D eigenvalue weighted by Crippen LogP contribution is 2.26.